The second-order valence-electron chi connectivity index (χ2n) is 14.1. The Bertz CT molecular complexity index is 3500. The third-order valence-corrected chi connectivity index (χ3v) is 11.6. The summed E-state index contributed by atoms with van der Waals surface area (Å²) in [6.07, 6.45) is 0. The van der Waals surface area contributed by atoms with E-state index in [1.807, 2.05) is 103 Å². The van der Waals surface area contributed by atoms with Gasteiger partial charge in [0.15, 0.2) is 11.5 Å². The van der Waals surface area contributed by atoms with E-state index in [2.05, 4.69) is 55.5 Å². The minimum Gasteiger partial charge on any atom is -0.453 e. The highest BCUT2D eigenvalue weighted by atomic mass is 32.1. The van der Waals surface area contributed by atoms with E-state index in [0.717, 1.165) is 64.0 Å². The monoisotopic (exact) mass is 744 g/mol. The molecule has 0 aliphatic rings. The largest absolute Gasteiger partial charge is 0.453 e. The summed E-state index contributed by atoms with van der Waals surface area (Å²) in [7, 11) is 0. The first-order valence-electron chi connectivity index (χ1n) is 18.2. The quantitative estimate of drug-likeness (QED) is 0.0990. The molecule has 6 aromatic carbocycles. The molecule has 0 bridgehead atoms. The number of benzene rings is 6. The van der Waals surface area contributed by atoms with Gasteiger partial charge in [0.25, 0.3) is 0 Å². The van der Waals surface area contributed by atoms with Crippen LogP contribution in [0.1, 0.15) is 5.56 Å². The fraction of sp³-hybridized carbons (Fsp3) is 0.0204. The summed E-state index contributed by atoms with van der Waals surface area (Å²) in [5.41, 5.74) is 4.02. The van der Waals surface area contributed by atoms with Gasteiger partial charge >= 0.3 is 11.3 Å². The van der Waals surface area contributed by atoms with Crippen LogP contribution in [0.4, 0.5) is 0 Å². The summed E-state index contributed by atoms with van der Waals surface area (Å²) in [5.74, 6) is 2.42. The molecule has 5 heterocycles. The molecule has 5 aromatic heterocycles. The van der Waals surface area contributed by atoms with Gasteiger partial charge < -0.3 is 17.7 Å². The molecule has 0 unspecified atom stereocenters. The number of hydrogen-bond donors (Lipinski definition) is 0. The highest BCUT2D eigenvalue weighted by molar-refractivity contribution is 7.18. The third-order valence-electron chi connectivity index (χ3n) is 10.5. The molecule has 0 aliphatic carbocycles. The van der Waals surface area contributed by atoms with Crippen molar-refractivity contribution in [2.75, 3.05) is 0 Å². The van der Waals surface area contributed by atoms with E-state index < -0.39 is 5.63 Å². The van der Waals surface area contributed by atoms with Crippen LogP contribution in [0.5, 0.6) is 0 Å². The smallest absolute Gasteiger partial charge is 0.345 e. The molecule has 0 radical (unpaired) electrons. The lowest BCUT2D eigenvalue weighted by atomic mass is 9.99. The first-order valence-corrected chi connectivity index (χ1v) is 19.0. The molecule has 0 saturated heterocycles. The van der Waals surface area contributed by atoms with Gasteiger partial charge in [0.1, 0.15) is 22.7 Å². The van der Waals surface area contributed by atoms with Crippen LogP contribution in [0.2, 0.25) is 0 Å². The van der Waals surface area contributed by atoms with Crippen molar-refractivity contribution in [3.63, 3.8) is 0 Å². The molecular formula is C49H28O6S. The maximum atomic E-state index is 13.3. The molecule has 7 heteroatoms. The van der Waals surface area contributed by atoms with Crippen molar-refractivity contribution < 1.29 is 17.7 Å². The topological polar surface area (TPSA) is 86.7 Å². The number of aryl methyl sites for hydroxylation is 1. The number of fused-ring (bicyclic) bond motifs is 6. The van der Waals surface area contributed by atoms with Crippen molar-refractivity contribution >= 4 is 65.6 Å². The van der Waals surface area contributed by atoms with Crippen molar-refractivity contribution in [1.29, 1.82) is 0 Å². The summed E-state index contributed by atoms with van der Waals surface area (Å²) >= 11 is 1.46. The molecule has 0 aliphatic heterocycles. The number of rotatable bonds is 5. The molecule has 0 saturated carbocycles. The summed E-state index contributed by atoms with van der Waals surface area (Å²) in [6.45, 7) is 2.06. The Balaban J connectivity index is 0.880. The molecule has 0 amide bonds. The van der Waals surface area contributed by atoms with Crippen LogP contribution in [0.25, 0.3) is 109 Å². The zero-order valence-corrected chi connectivity index (χ0v) is 30.6. The lowest BCUT2D eigenvalue weighted by Crippen LogP contribution is -2.02. The van der Waals surface area contributed by atoms with Gasteiger partial charge in [-0.15, -0.1) is 11.3 Å². The Kier molecular flexibility index (Phi) is 7.14. The average Bonchev–Trinajstić information content (AvgIpc) is 4.01. The van der Waals surface area contributed by atoms with Crippen molar-refractivity contribution in [3.8, 4) is 55.0 Å². The van der Waals surface area contributed by atoms with Crippen LogP contribution in [0.15, 0.2) is 179 Å². The van der Waals surface area contributed by atoms with Crippen molar-refractivity contribution in [1.82, 2.24) is 0 Å². The normalized spacial score (nSPS) is 11.8. The molecule has 11 aromatic rings. The summed E-state index contributed by atoms with van der Waals surface area (Å²) in [5, 5.41) is 8.28. The fourth-order valence-electron chi connectivity index (χ4n) is 7.66. The average molecular weight is 745 g/mol. The van der Waals surface area contributed by atoms with Gasteiger partial charge in [-0.25, -0.2) is 9.59 Å². The zero-order chi connectivity index (χ0) is 37.5. The zero-order valence-electron chi connectivity index (χ0n) is 29.8. The van der Waals surface area contributed by atoms with E-state index in [4.69, 9.17) is 17.7 Å². The Morgan fingerprint density at radius 3 is 1.91 bits per heavy atom. The van der Waals surface area contributed by atoms with Gasteiger partial charge in [-0.1, -0.05) is 72.3 Å². The van der Waals surface area contributed by atoms with Crippen LogP contribution in [-0.2, 0) is 0 Å². The van der Waals surface area contributed by atoms with Crippen LogP contribution in [0.3, 0.4) is 0 Å². The lowest BCUT2D eigenvalue weighted by Gasteiger charge is -2.07. The number of hydrogen-bond acceptors (Lipinski definition) is 7. The van der Waals surface area contributed by atoms with Gasteiger partial charge in [-0.3, -0.25) is 0 Å². The van der Waals surface area contributed by atoms with Crippen LogP contribution < -0.4 is 11.3 Å². The van der Waals surface area contributed by atoms with Crippen LogP contribution >= 0.6 is 11.3 Å². The summed E-state index contributed by atoms with van der Waals surface area (Å²) < 4.78 is 24.2. The second-order valence-corrected chi connectivity index (χ2v) is 15.2. The van der Waals surface area contributed by atoms with Gasteiger partial charge in [-0.05, 0) is 130 Å². The van der Waals surface area contributed by atoms with E-state index in [9.17, 15) is 9.59 Å². The van der Waals surface area contributed by atoms with Gasteiger partial charge in [0, 0.05) is 21.2 Å². The SMILES string of the molecule is Cc1ccc2c(ccc3oc(=O)c(-c4ccc(-c5ccc(-c6ccc(-c7cccc(-c8cc9cc%10cc%11ccccc%11cc%10cc9oc8=O)c7)o6)o5)s4)cc32)c1. The molecule has 0 fully saturated rings. The predicted octanol–water partition coefficient (Wildman–Crippen LogP) is 13.2. The Hall–Kier alpha value is -7.22. The highest BCUT2D eigenvalue weighted by Crippen LogP contribution is 2.39. The molecular weight excluding hydrogens is 717 g/mol. The van der Waals surface area contributed by atoms with Gasteiger partial charge in [-0.2, -0.15) is 0 Å². The second kappa shape index (κ2) is 12.4. The lowest BCUT2D eigenvalue weighted by molar-refractivity contribution is 0.539. The molecule has 6 nitrogen and oxygen atoms in total. The first-order chi connectivity index (χ1) is 27.4. The van der Waals surface area contributed by atoms with E-state index >= 15 is 0 Å². The predicted molar refractivity (Wildman–Crippen MR) is 225 cm³/mol. The van der Waals surface area contributed by atoms with Crippen molar-refractivity contribution in [2.45, 2.75) is 6.92 Å². The number of thiophene rings is 1. The molecule has 266 valence electrons. The van der Waals surface area contributed by atoms with Crippen LogP contribution in [-0.4, -0.2) is 0 Å². The third kappa shape index (κ3) is 5.40. The summed E-state index contributed by atoms with van der Waals surface area (Å²) in [4.78, 5) is 28.1. The van der Waals surface area contributed by atoms with E-state index in [1.165, 1.54) is 16.9 Å². The molecule has 56 heavy (non-hydrogen) atoms. The molecule has 0 atom stereocenters. The highest BCUT2D eigenvalue weighted by Gasteiger charge is 2.17. The first kappa shape index (κ1) is 32.2. The fourth-order valence-corrected chi connectivity index (χ4v) is 8.64. The van der Waals surface area contributed by atoms with Crippen molar-refractivity contribution in [3.05, 3.63) is 178 Å². The van der Waals surface area contributed by atoms with Crippen LogP contribution in [0, 0.1) is 6.92 Å². The molecule has 0 N–H and O–H groups in total. The molecule has 11 rings (SSSR count). The van der Waals surface area contributed by atoms with Gasteiger partial charge in [0.05, 0.1) is 16.0 Å². The Morgan fingerprint density at radius 1 is 0.393 bits per heavy atom. The minimum absolute atomic E-state index is 0.381. The van der Waals surface area contributed by atoms with Gasteiger partial charge in [0.2, 0.25) is 0 Å². The summed E-state index contributed by atoms with van der Waals surface area (Å²) in [6, 6.07) is 49.6. The van der Waals surface area contributed by atoms with Crippen molar-refractivity contribution in [2.24, 2.45) is 0 Å². The van der Waals surface area contributed by atoms with E-state index in [1.54, 1.807) is 0 Å². The minimum atomic E-state index is -0.403. The number of furan rings is 2. The standard InChI is InChI=1S/C49H28O6S/c1-27-9-11-36-31(19-27)10-12-41-38(36)26-39(49(51)54-41)46-17-18-47(56-46)44-16-15-43(53-44)42-14-13-40(52-42)32-8-4-7-30(22-32)37-24-35-23-33-20-28-5-2-3-6-29(28)21-34(33)25-45(35)55-48(37)50/h2-26H,1H3. The maximum Gasteiger partial charge on any atom is 0.345 e. The Morgan fingerprint density at radius 2 is 1.07 bits per heavy atom. The van der Waals surface area contributed by atoms with E-state index in [0.29, 0.717) is 45.3 Å². The molecule has 0 spiro atoms. The Labute approximate surface area is 322 Å². The maximum absolute atomic E-state index is 13.3. The van der Waals surface area contributed by atoms with E-state index in [-0.39, 0.29) is 5.63 Å².